The first-order valence-electron chi connectivity index (χ1n) is 10.6. The molecule has 0 spiro atoms. The molecule has 2 fully saturated rings. The van der Waals surface area contributed by atoms with Crippen LogP contribution in [0.15, 0.2) is 0 Å². The standard InChI is InChI=1S/C21H34O7/c1-2-21(15-28-20(24)25,13-26-18(22)16-9-5-3-6-10-16)14-27-19(23)17-11-7-4-8-12-17/h16-17H,2-15H2,1H3,(H,24,25). The van der Waals surface area contributed by atoms with E-state index in [1.807, 2.05) is 6.92 Å². The normalized spacial score (nSPS) is 19.0. The third kappa shape index (κ3) is 6.99. The van der Waals surface area contributed by atoms with Crippen LogP contribution in [0.25, 0.3) is 0 Å². The average Bonchev–Trinajstić information content (AvgIpc) is 2.74. The van der Waals surface area contributed by atoms with Crippen LogP contribution >= 0.6 is 0 Å². The van der Waals surface area contributed by atoms with E-state index in [0.29, 0.717) is 6.42 Å². The van der Waals surface area contributed by atoms with Crippen molar-refractivity contribution in [2.24, 2.45) is 17.3 Å². The van der Waals surface area contributed by atoms with Crippen LogP contribution < -0.4 is 0 Å². The second-order valence-corrected chi connectivity index (χ2v) is 8.29. The molecule has 160 valence electrons. The molecule has 0 unspecified atom stereocenters. The highest BCUT2D eigenvalue weighted by molar-refractivity contribution is 5.73. The summed E-state index contributed by atoms with van der Waals surface area (Å²) in [6.07, 6.45) is 8.81. The van der Waals surface area contributed by atoms with E-state index in [0.717, 1.165) is 64.2 Å². The smallest absolute Gasteiger partial charge is 0.465 e. The Morgan fingerprint density at radius 1 is 0.750 bits per heavy atom. The van der Waals surface area contributed by atoms with Gasteiger partial charge >= 0.3 is 18.1 Å². The third-order valence-corrected chi connectivity index (χ3v) is 6.17. The minimum Gasteiger partial charge on any atom is -0.465 e. The van der Waals surface area contributed by atoms with Crippen LogP contribution in [0.2, 0.25) is 0 Å². The van der Waals surface area contributed by atoms with Gasteiger partial charge in [-0.2, -0.15) is 0 Å². The summed E-state index contributed by atoms with van der Waals surface area (Å²) in [5.74, 6) is -0.667. The van der Waals surface area contributed by atoms with Crippen molar-refractivity contribution in [2.75, 3.05) is 19.8 Å². The molecule has 2 aliphatic rings. The lowest BCUT2D eigenvalue weighted by molar-refractivity contribution is -0.163. The van der Waals surface area contributed by atoms with Gasteiger partial charge in [-0.3, -0.25) is 9.59 Å². The number of esters is 2. The number of rotatable bonds is 9. The van der Waals surface area contributed by atoms with Gasteiger partial charge in [0.15, 0.2) is 0 Å². The summed E-state index contributed by atoms with van der Waals surface area (Å²) in [5.41, 5.74) is -0.854. The monoisotopic (exact) mass is 398 g/mol. The van der Waals surface area contributed by atoms with Gasteiger partial charge in [-0.15, -0.1) is 0 Å². The summed E-state index contributed by atoms with van der Waals surface area (Å²) in [5, 5.41) is 8.90. The molecule has 2 aliphatic carbocycles. The molecule has 2 rings (SSSR count). The predicted molar refractivity (Wildman–Crippen MR) is 102 cm³/mol. The Hall–Kier alpha value is -1.79. The van der Waals surface area contributed by atoms with Gasteiger partial charge in [0.05, 0.1) is 17.3 Å². The fourth-order valence-electron chi connectivity index (χ4n) is 4.01. The molecular formula is C21H34O7. The number of ether oxygens (including phenoxy) is 3. The van der Waals surface area contributed by atoms with Crippen LogP contribution in [0.3, 0.4) is 0 Å². The summed E-state index contributed by atoms with van der Waals surface area (Å²) < 4.78 is 15.9. The van der Waals surface area contributed by atoms with Crippen molar-refractivity contribution in [3.8, 4) is 0 Å². The molecule has 1 N–H and O–H groups in total. The molecule has 0 bridgehead atoms. The lowest BCUT2D eigenvalue weighted by atomic mass is 9.86. The second kappa shape index (κ2) is 11.3. The van der Waals surface area contributed by atoms with Gasteiger partial charge in [-0.25, -0.2) is 4.79 Å². The molecular weight excluding hydrogens is 364 g/mol. The van der Waals surface area contributed by atoms with Crippen LogP contribution in [0.5, 0.6) is 0 Å². The molecule has 0 aliphatic heterocycles. The molecule has 0 heterocycles. The molecule has 0 aromatic heterocycles. The van der Waals surface area contributed by atoms with Gasteiger partial charge in [0.1, 0.15) is 19.8 Å². The van der Waals surface area contributed by atoms with Gasteiger partial charge < -0.3 is 19.3 Å². The first-order chi connectivity index (χ1) is 13.5. The summed E-state index contributed by atoms with van der Waals surface area (Å²) in [6, 6.07) is 0. The Kier molecular flexibility index (Phi) is 9.06. The lowest BCUT2D eigenvalue weighted by Crippen LogP contribution is -2.40. The van der Waals surface area contributed by atoms with Gasteiger partial charge in [-0.05, 0) is 32.1 Å². The second-order valence-electron chi connectivity index (χ2n) is 8.29. The molecule has 7 nitrogen and oxygen atoms in total. The maximum absolute atomic E-state index is 12.4. The van der Waals surface area contributed by atoms with Gasteiger partial charge in [0, 0.05) is 0 Å². The van der Waals surface area contributed by atoms with E-state index in [9.17, 15) is 14.4 Å². The zero-order chi connectivity index (χ0) is 20.4. The summed E-state index contributed by atoms with van der Waals surface area (Å²) in [6.45, 7) is 1.66. The maximum Gasteiger partial charge on any atom is 0.505 e. The molecule has 0 saturated heterocycles. The summed E-state index contributed by atoms with van der Waals surface area (Å²) in [7, 11) is 0. The molecule has 0 radical (unpaired) electrons. The van der Waals surface area contributed by atoms with Crippen LogP contribution in [0.4, 0.5) is 4.79 Å². The predicted octanol–water partition coefficient (Wildman–Crippen LogP) is 4.32. The van der Waals surface area contributed by atoms with Crippen molar-refractivity contribution in [3.05, 3.63) is 0 Å². The minimum atomic E-state index is -1.39. The van der Waals surface area contributed by atoms with Crippen molar-refractivity contribution in [1.82, 2.24) is 0 Å². The molecule has 28 heavy (non-hydrogen) atoms. The fraction of sp³-hybridized carbons (Fsp3) is 0.857. The number of carboxylic acid groups (broad SMARTS) is 1. The molecule has 0 atom stereocenters. The van der Waals surface area contributed by atoms with Crippen molar-refractivity contribution in [3.63, 3.8) is 0 Å². The molecule has 0 aromatic rings. The highest BCUT2D eigenvalue weighted by atomic mass is 16.7. The quantitative estimate of drug-likeness (QED) is 0.456. The maximum atomic E-state index is 12.4. The van der Waals surface area contributed by atoms with Crippen LogP contribution in [-0.4, -0.2) is 43.0 Å². The third-order valence-electron chi connectivity index (χ3n) is 6.17. The van der Waals surface area contributed by atoms with Crippen molar-refractivity contribution in [2.45, 2.75) is 77.6 Å². The van der Waals surface area contributed by atoms with Crippen LogP contribution in [0.1, 0.15) is 77.6 Å². The van der Waals surface area contributed by atoms with Gasteiger partial charge in [-0.1, -0.05) is 45.4 Å². The highest BCUT2D eigenvalue weighted by Crippen LogP contribution is 2.30. The molecule has 7 heteroatoms. The Bertz CT molecular complexity index is 485. The first kappa shape index (κ1) is 22.5. The Labute approximate surface area is 167 Å². The number of carbonyl (C=O) groups excluding carboxylic acids is 2. The Morgan fingerprint density at radius 2 is 1.14 bits per heavy atom. The van der Waals surface area contributed by atoms with Gasteiger partial charge in [0.2, 0.25) is 0 Å². The largest absolute Gasteiger partial charge is 0.505 e. The SMILES string of the molecule is CCC(COC(=O)O)(COC(=O)C1CCCCC1)COC(=O)C1CCCCC1. The zero-order valence-electron chi connectivity index (χ0n) is 17.0. The minimum absolute atomic E-state index is 0.00986. The zero-order valence-corrected chi connectivity index (χ0v) is 17.0. The van der Waals surface area contributed by atoms with Crippen LogP contribution in [0, 0.1) is 17.3 Å². The van der Waals surface area contributed by atoms with E-state index in [-0.39, 0.29) is 43.6 Å². The molecule has 0 amide bonds. The lowest BCUT2D eigenvalue weighted by Gasteiger charge is -2.32. The van der Waals surface area contributed by atoms with E-state index < -0.39 is 11.6 Å². The number of carbonyl (C=O) groups is 3. The van der Waals surface area contributed by atoms with Gasteiger partial charge in [0.25, 0.3) is 0 Å². The number of hydrogen-bond acceptors (Lipinski definition) is 6. The average molecular weight is 398 g/mol. The number of hydrogen-bond donors (Lipinski definition) is 1. The topological polar surface area (TPSA) is 99.1 Å². The first-order valence-corrected chi connectivity index (χ1v) is 10.6. The van der Waals surface area contributed by atoms with Crippen molar-refractivity contribution in [1.29, 1.82) is 0 Å². The molecule has 0 aromatic carbocycles. The Balaban J connectivity index is 1.93. The summed E-state index contributed by atoms with van der Waals surface area (Å²) in [4.78, 5) is 35.7. The van der Waals surface area contributed by atoms with E-state index >= 15 is 0 Å². The summed E-state index contributed by atoms with van der Waals surface area (Å²) >= 11 is 0. The van der Waals surface area contributed by atoms with E-state index in [4.69, 9.17) is 19.3 Å². The van der Waals surface area contributed by atoms with Crippen molar-refractivity contribution < 1.29 is 33.7 Å². The highest BCUT2D eigenvalue weighted by Gasteiger charge is 2.36. The van der Waals surface area contributed by atoms with Crippen molar-refractivity contribution >= 4 is 18.1 Å². The van der Waals surface area contributed by atoms with E-state index in [1.165, 1.54) is 0 Å². The fourth-order valence-corrected chi connectivity index (χ4v) is 4.01. The Morgan fingerprint density at radius 3 is 1.50 bits per heavy atom. The van der Waals surface area contributed by atoms with E-state index in [1.54, 1.807) is 0 Å². The van der Waals surface area contributed by atoms with Crippen LogP contribution in [-0.2, 0) is 23.8 Å². The van der Waals surface area contributed by atoms with E-state index in [2.05, 4.69) is 0 Å². The molecule has 2 saturated carbocycles.